The molecule has 0 fully saturated rings. The van der Waals surface area contributed by atoms with E-state index >= 15 is 0 Å². The van der Waals surface area contributed by atoms with Crippen molar-refractivity contribution in [2.75, 3.05) is 6.61 Å². The third-order valence-corrected chi connectivity index (χ3v) is 3.12. The SMILES string of the molecule is CC(C)c1cncc(OCCCc2ccccc2)c1. The highest BCUT2D eigenvalue weighted by molar-refractivity contribution is 5.25. The van der Waals surface area contributed by atoms with Gasteiger partial charge in [0.25, 0.3) is 0 Å². The summed E-state index contributed by atoms with van der Waals surface area (Å²) in [6, 6.07) is 12.6. The van der Waals surface area contributed by atoms with E-state index in [0.717, 1.165) is 25.2 Å². The van der Waals surface area contributed by atoms with Gasteiger partial charge in [-0.05, 0) is 36.0 Å². The Morgan fingerprint density at radius 3 is 2.63 bits per heavy atom. The van der Waals surface area contributed by atoms with E-state index in [1.807, 2.05) is 12.3 Å². The highest BCUT2D eigenvalue weighted by atomic mass is 16.5. The minimum absolute atomic E-state index is 0.486. The summed E-state index contributed by atoms with van der Waals surface area (Å²) in [5, 5.41) is 0. The molecule has 1 aromatic heterocycles. The quantitative estimate of drug-likeness (QED) is 0.721. The van der Waals surface area contributed by atoms with Crippen molar-refractivity contribution >= 4 is 0 Å². The van der Waals surface area contributed by atoms with E-state index in [0.29, 0.717) is 5.92 Å². The van der Waals surface area contributed by atoms with Crippen molar-refractivity contribution in [3.05, 3.63) is 59.9 Å². The molecule has 0 amide bonds. The van der Waals surface area contributed by atoms with Crippen LogP contribution < -0.4 is 4.74 Å². The van der Waals surface area contributed by atoms with Crippen LogP contribution in [-0.2, 0) is 6.42 Å². The maximum atomic E-state index is 5.76. The lowest BCUT2D eigenvalue weighted by Crippen LogP contribution is -2.00. The molecule has 0 aliphatic heterocycles. The van der Waals surface area contributed by atoms with Crippen LogP contribution in [0, 0.1) is 0 Å². The summed E-state index contributed by atoms with van der Waals surface area (Å²) >= 11 is 0. The van der Waals surface area contributed by atoms with Crippen molar-refractivity contribution < 1.29 is 4.74 Å². The molecule has 1 heterocycles. The third-order valence-electron chi connectivity index (χ3n) is 3.12. The van der Waals surface area contributed by atoms with Gasteiger partial charge in [-0.15, -0.1) is 0 Å². The second-order valence-electron chi connectivity index (χ2n) is 5.05. The highest BCUT2D eigenvalue weighted by Crippen LogP contribution is 2.18. The summed E-state index contributed by atoms with van der Waals surface area (Å²) < 4.78 is 5.76. The number of hydrogen-bond acceptors (Lipinski definition) is 2. The lowest BCUT2D eigenvalue weighted by Gasteiger charge is -2.09. The van der Waals surface area contributed by atoms with Gasteiger partial charge in [-0.25, -0.2) is 0 Å². The molecule has 19 heavy (non-hydrogen) atoms. The van der Waals surface area contributed by atoms with Crippen molar-refractivity contribution in [1.29, 1.82) is 0 Å². The normalized spacial score (nSPS) is 10.7. The fourth-order valence-electron chi connectivity index (χ4n) is 1.94. The Kier molecular flexibility index (Phi) is 4.96. The number of nitrogens with zero attached hydrogens (tertiary/aromatic N) is 1. The molecule has 2 aromatic rings. The first-order valence-electron chi connectivity index (χ1n) is 6.87. The van der Waals surface area contributed by atoms with Crippen LogP contribution >= 0.6 is 0 Å². The predicted octanol–water partition coefficient (Wildman–Crippen LogP) is 4.22. The first-order valence-corrected chi connectivity index (χ1v) is 6.87. The molecule has 2 rings (SSSR count). The monoisotopic (exact) mass is 255 g/mol. The minimum Gasteiger partial charge on any atom is -0.492 e. The molecule has 0 atom stereocenters. The van der Waals surface area contributed by atoms with E-state index in [2.05, 4.69) is 49.2 Å². The predicted molar refractivity (Wildman–Crippen MR) is 78.6 cm³/mol. The summed E-state index contributed by atoms with van der Waals surface area (Å²) in [6.45, 7) is 5.06. The van der Waals surface area contributed by atoms with Gasteiger partial charge in [0, 0.05) is 6.20 Å². The number of benzene rings is 1. The number of ether oxygens (including phenoxy) is 1. The Morgan fingerprint density at radius 1 is 1.11 bits per heavy atom. The van der Waals surface area contributed by atoms with Gasteiger partial charge in [0.1, 0.15) is 5.75 Å². The first kappa shape index (κ1) is 13.6. The van der Waals surface area contributed by atoms with Gasteiger partial charge in [0.05, 0.1) is 12.8 Å². The lowest BCUT2D eigenvalue weighted by atomic mass is 10.1. The number of aromatic nitrogens is 1. The number of hydrogen-bond donors (Lipinski definition) is 0. The Hall–Kier alpha value is -1.83. The smallest absolute Gasteiger partial charge is 0.137 e. The molecule has 0 saturated carbocycles. The summed E-state index contributed by atoms with van der Waals surface area (Å²) in [6.07, 6.45) is 5.77. The largest absolute Gasteiger partial charge is 0.492 e. The van der Waals surface area contributed by atoms with Gasteiger partial charge in [-0.3, -0.25) is 4.98 Å². The molecule has 0 N–H and O–H groups in total. The molecule has 0 bridgehead atoms. The van der Waals surface area contributed by atoms with Crippen molar-refractivity contribution in [3.63, 3.8) is 0 Å². The second-order valence-corrected chi connectivity index (χ2v) is 5.05. The van der Waals surface area contributed by atoms with E-state index in [4.69, 9.17) is 4.74 Å². The van der Waals surface area contributed by atoms with Crippen molar-refractivity contribution in [1.82, 2.24) is 4.98 Å². The molecular weight excluding hydrogens is 234 g/mol. The van der Waals surface area contributed by atoms with Crippen molar-refractivity contribution in [2.45, 2.75) is 32.6 Å². The fraction of sp³-hybridized carbons (Fsp3) is 0.353. The van der Waals surface area contributed by atoms with Gasteiger partial charge in [0.2, 0.25) is 0 Å². The first-order chi connectivity index (χ1) is 9.25. The average molecular weight is 255 g/mol. The topological polar surface area (TPSA) is 22.1 Å². The van der Waals surface area contributed by atoms with E-state index in [1.54, 1.807) is 6.20 Å². The number of rotatable bonds is 6. The van der Waals surface area contributed by atoms with E-state index < -0.39 is 0 Å². The maximum Gasteiger partial charge on any atom is 0.137 e. The molecule has 0 aliphatic carbocycles. The summed E-state index contributed by atoms with van der Waals surface area (Å²) in [7, 11) is 0. The number of aryl methyl sites for hydroxylation is 1. The van der Waals surface area contributed by atoms with Crippen molar-refractivity contribution in [2.24, 2.45) is 0 Å². The van der Waals surface area contributed by atoms with Crippen LogP contribution in [0.3, 0.4) is 0 Å². The molecular formula is C17H21NO. The van der Waals surface area contributed by atoms with E-state index in [1.165, 1.54) is 11.1 Å². The summed E-state index contributed by atoms with van der Waals surface area (Å²) in [5.41, 5.74) is 2.58. The van der Waals surface area contributed by atoms with Gasteiger partial charge >= 0.3 is 0 Å². The standard InChI is InChI=1S/C17H21NO/c1-14(2)16-11-17(13-18-12-16)19-10-6-9-15-7-4-3-5-8-15/h3-5,7-8,11-14H,6,9-10H2,1-2H3. The molecule has 1 aromatic carbocycles. The summed E-state index contributed by atoms with van der Waals surface area (Å²) in [4.78, 5) is 4.22. The van der Waals surface area contributed by atoms with Gasteiger partial charge < -0.3 is 4.74 Å². The minimum atomic E-state index is 0.486. The van der Waals surface area contributed by atoms with Crippen LogP contribution in [0.1, 0.15) is 37.3 Å². The molecule has 0 radical (unpaired) electrons. The van der Waals surface area contributed by atoms with Crippen LogP contribution in [0.2, 0.25) is 0 Å². The molecule has 2 heteroatoms. The molecule has 0 saturated heterocycles. The Balaban J connectivity index is 1.78. The van der Waals surface area contributed by atoms with Gasteiger partial charge in [0.15, 0.2) is 0 Å². The molecule has 2 nitrogen and oxygen atoms in total. The van der Waals surface area contributed by atoms with E-state index in [9.17, 15) is 0 Å². The fourth-order valence-corrected chi connectivity index (χ4v) is 1.94. The third kappa shape index (κ3) is 4.40. The Bertz CT molecular complexity index is 494. The summed E-state index contributed by atoms with van der Waals surface area (Å²) in [5.74, 6) is 1.36. The average Bonchev–Trinajstić information content (AvgIpc) is 2.45. The zero-order valence-electron chi connectivity index (χ0n) is 11.7. The van der Waals surface area contributed by atoms with Gasteiger partial charge in [-0.1, -0.05) is 44.2 Å². The maximum absolute atomic E-state index is 5.76. The Morgan fingerprint density at radius 2 is 1.89 bits per heavy atom. The molecule has 0 unspecified atom stereocenters. The molecule has 100 valence electrons. The number of pyridine rings is 1. The molecule has 0 aliphatic rings. The zero-order valence-corrected chi connectivity index (χ0v) is 11.7. The Labute approximate surface area is 115 Å². The lowest BCUT2D eigenvalue weighted by molar-refractivity contribution is 0.309. The molecule has 0 spiro atoms. The zero-order chi connectivity index (χ0) is 13.5. The van der Waals surface area contributed by atoms with Crippen molar-refractivity contribution in [3.8, 4) is 5.75 Å². The van der Waals surface area contributed by atoms with Crippen LogP contribution in [0.5, 0.6) is 5.75 Å². The highest BCUT2D eigenvalue weighted by Gasteiger charge is 2.02. The van der Waals surface area contributed by atoms with E-state index in [-0.39, 0.29) is 0 Å². The van der Waals surface area contributed by atoms with Crippen LogP contribution in [0.25, 0.3) is 0 Å². The van der Waals surface area contributed by atoms with Crippen LogP contribution in [0.15, 0.2) is 48.8 Å². The van der Waals surface area contributed by atoms with Gasteiger partial charge in [-0.2, -0.15) is 0 Å². The van der Waals surface area contributed by atoms with Crippen LogP contribution in [0.4, 0.5) is 0 Å². The second kappa shape index (κ2) is 6.93. The van der Waals surface area contributed by atoms with Crippen LogP contribution in [-0.4, -0.2) is 11.6 Å².